The minimum Gasteiger partial charge on any atom is -0.334 e. The van der Waals surface area contributed by atoms with Gasteiger partial charge in [0.2, 0.25) is 0 Å². The Morgan fingerprint density at radius 1 is 1.10 bits per heavy atom. The summed E-state index contributed by atoms with van der Waals surface area (Å²) in [6.45, 7) is 4.32. The van der Waals surface area contributed by atoms with Crippen LogP contribution in [0.1, 0.15) is 62.2 Å². The van der Waals surface area contributed by atoms with E-state index in [4.69, 9.17) is 0 Å². The molecule has 1 amide bonds. The summed E-state index contributed by atoms with van der Waals surface area (Å²) in [5.74, 6) is -2.45. The minimum absolute atomic E-state index is 0.0414. The highest BCUT2D eigenvalue weighted by Crippen LogP contribution is 2.50. The first-order chi connectivity index (χ1) is 18.7. The molecule has 3 aromatic rings. The minimum atomic E-state index is -5.16. The van der Waals surface area contributed by atoms with Crippen molar-refractivity contribution < 1.29 is 35.5 Å². The summed E-state index contributed by atoms with van der Waals surface area (Å²) in [5, 5.41) is 19.2. The van der Waals surface area contributed by atoms with E-state index in [9.17, 15) is 31.1 Å². The third-order valence-corrected chi connectivity index (χ3v) is 6.53. The van der Waals surface area contributed by atoms with Crippen molar-refractivity contribution in [3.63, 3.8) is 0 Å². The molecule has 2 N–H and O–H groups in total. The van der Waals surface area contributed by atoms with Gasteiger partial charge in [0.05, 0.1) is 11.3 Å². The second-order valence-corrected chi connectivity index (χ2v) is 10.1. The number of aromatic nitrogens is 6. The normalized spacial score (nSPS) is 18.5. The van der Waals surface area contributed by atoms with Crippen LogP contribution in [0.3, 0.4) is 0 Å². The van der Waals surface area contributed by atoms with Crippen molar-refractivity contribution in [2.24, 2.45) is 5.92 Å². The van der Waals surface area contributed by atoms with Gasteiger partial charge in [0, 0.05) is 31.1 Å². The van der Waals surface area contributed by atoms with E-state index >= 15 is 4.39 Å². The lowest BCUT2D eigenvalue weighted by Crippen LogP contribution is -2.59. The first-order valence-corrected chi connectivity index (χ1v) is 12.5. The van der Waals surface area contributed by atoms with Crippen LogP contribution in [0.2, 0.25) is 0 Å². The van der Waals surface area contributed by atoms with Crippen molar-refractivity contribution in [2.75, 3.05) is 0 Å². The quantitative estimate of drug-likeness (QED) is 0.265. The Balaban J connectivity index is 1.75. The molecule has 0 saturated carbocycles. The van der Waals surface area contributed by atoms with Crippen LogP contribution in [0.15, 0.2) is 30.5 Å². The van der Waals surface area contributed by atoms with Crippen molar-refractivity contribution in [3.05, 3.63) is 58.9 Å². The molecule has 4 rings (SSSR count). The molecule has 15 heteroatoms. The molecule has 0 unspecified atom stereocenters. The molecular weight excluding hydrogens is 547 g/mol. The van der Waals surface area contributed by atoms with Gasteiger partial charge in [0.15, 0.2) is 11.4 Å². The predicted molar refractivity (Wildman–Crippen MR) is 129 cm³/mol. The van der Waals surface area contributed by atoms with Gasteiger partial charge < -0.3 is 5.32 Å². The Morgan fingerprint density at radius 2 is 1.85 bits per heavy atom. The first kappa shape index (κ1) is 29.2. The molecule has 1 aliphatic heterocycles. The van der Waals surface area contributed by atoms with Crippen LogP contribution >= 0.6 is 0 Å². The summed E-state index contributed by atoms with van der Waals surface area (Å²) >= 11 is 0. The number of unbranched alkanes of at least 4 members (excludes halogenated alkanes) is 1. The number of aryl methyl sites for hydroxylation is 1. The maximum Gasteiger partial charge on any atom is 0.416 e. The summed E-state index contributed by atoms with van der Waals surface area (Å²) in [6, 6.07) is 4.46. The highest BCUT2D eigenvalue weighted by molar-refractivity contribution is 6.27. The molecule has 0 saturated heterocycles. The Labute approximate surface area is 224 Å². The smallest absolute Gasteiger partial charge is 0.334 e. The average Bonchev–Trinajstić information content (AvgIpc) is 3.52. The highest BCUT2D eigenvalue weighted by atomic mass is 19.4. The van der Waals surface area contributed by atoms with E-state index < -0.39 is 48.0 Å². The Hall–Kier alpha value is -3.78. The van der Waals surface area contributed by atoms with E-state index in [2.05, 4.69) is 25.7 Å². The third kappa shape index (κ3) is 6.17. The molecule has 0 spiro atoms. The average molecular weight is 574 g/mol. The second-order valence-electron chi connectivity index (χ2n) is 10.1. The van der Waals surface area contributed by atoms with E-state index in [1.54, 1.807) is 6.20 Å². The van der Waals surface area contributed by atoms with Crippen molar-refractivity contribution in [1.82, 2.24) is 35.7 Å². The van der Waals surface area contributed by atoms with Crippen molar-refractivity contribution in [2.45, 2.75) is 70.4 Å². The maximum atomic E-state index is 15.4. The maximum absolute atomic E-state index is 15.4. The van der Waals surface area contributed by atoms with Gasteiger partial charge in [-0.05, 0) is 58.9 Å². The fourth-order valence-electron chi connectivity index (χ4n) is 4.72. The summed E-state index contributed by atoms with van der Waals surface area (Å²) in [4.78, 5) is 13.3. The topological polar surface area (TPSA) is 101 Å². The van der Waals surface area contributed by atoms with Gasteiger partial charge >= 0.3 is 12.4 Å². The van der Waals surface area contributed by atoms with E-state index in [1.807, 2.05) is 19.2 Å². The standard InChI is InChI=1S/C25H26F7N7O/c1-14(2)13-39-10-8-19(36-39)16-12-23(25(30,31)32,33-22(40)20(16)21-34-37-38-35-21)17-7-6-15(11-18(17)26)5-3-4-9-24(27,28)29/h6-8,10-11,14H,3-5,9,12-13H2,1-2H3,(H,33,40)(H,34,35,37,38)/t23-/m0/s1. The van der Waals surface area contributed by atoms with E-state index in [0.717, 1.165) is 12.1 Å². The zero-order valence-corrected chi connectivity index (χ0v) is 21.5. The number of carbonyl (C=O) groups excluding carboxylic acids is 1. The number of benzene rings is 1. The van der Waals surface area contributed by atoms with Crippen molar-refractivity contribution in [3.8, 4) is 0 Å². The molecular formula is C25H26F7N7O. The fourth-order valence-corrected chi connectivity index (χ4v) is 4.72. The molecule has 2 aromatic heterocycles. The number of alkyl halides is 6. The zero-order valence-electron chi connectivity index (χ0n) is 21.5. The van der Waals surface area contributed by atoms with E-state index in [1.165, 1.54) is 16.8 Å². The van der Waals surface area contributed by atoms with Gasteiger partial charge in [-0.3, -0.25) is 9.48 Å². The van der Waals surface area contributed by atoms with Crippen LogP contribution in [-0.2, 0) is 23.3 Å². The molecule has 40 heavy (non-hydrogen) atoms. The van der Waals surface area contributed by atoms with Crippen molar-refractivity contribution >= 4 is 17.1 Å². The molecule has 0 aliphatic carbocycles. The number of aromatic amines is 1. The summed E-state index contributed by atoms with van der Waals surface area (Å²) in [7, 11) is 0. The highest BCUT2D eigenvalue weighted by Gasteiger charge is 2.61. The van der Waals surface area contributed by atoms with Crippen LogP contribution in [-0.4, -0.2) is 48.7 Å². The number of nitrogens with one attached hydrogen (secondary N) is 2. The number of H-pyrrole nitrogens is 1. The summed E-state index contributed by atoms with van der Waals surface area (Å²) < 4.78 is 98.6. The number of hydrogen-bond donors (Lipinski definition) is 2. The monoisotopic (exact) mass is 573 g/mol. The Morgan fingerprint density at radius 3 is 2.45 bits per heavy atom. The Kier molecular flexibility index (Phi) is 8.04. The van der Waals surface area contributed by atoms with Crippen LogP contribution < -0.4 is 5.32 Å². The SMILES string of the molecule is CC(C)Cn1ccc(C2=C(c3nnn[nH]3)C(=O)N[C@@](c3ccc(CCCCC(F)(F)F)cc3F)(C(F)(F)F)C2)n1. The number of halogens is 7. The first-order valence-electron chi connectivity index (χ1n) is 12.5. The fraction of sp³-hybridized carbons (Fsp3) is 0.480. The van der Waals surface area contributed by atoms with Crippen LogP contribution in [0, 0.1) is 11.7 Å². The largest absolute Gasteiger partial charge is 0.416 e. The molecule has 0 bridgehead atoms. The predicted octanol–water partition coefficient (Wildman–Crippen LogP) is 5.35. The van der Waals surface area contributed by atoms with Gasteiger partial charge in [0.1, 0.15) is 5.82 Å². The van der Waals surface area contributed by atoms with Crippen LogP contribution in [0.25, 0.3) is 11.1 Å². The number of carbonyl (C=O) groups is 1. The lowest BCUT2D eigenvalue weighted by molar-refractivity contribution is -0.202. The van der Waals surface area contributed by atoms with Gasteiger partial charge in [-0.25, -0.2) is 9.49 Å². The van der Waals surface area contributed by atoms with Gasteiger partial charge in [-0.15, -0.1) is 5.10 Å². The lowest BCUT2D eigenvalue weighted by Gasteiger charge is -2.41. The number of tetrazole rings is 1. The number of nitrogens with zero attached hydrogens (tertiary/aromatic N) is 5. The molecule has 8 nitrogen and oxygen atoms in total. The molecule has 0 fully saturated rings. The molecule has 216 valence electrons. The van der Waals surface area contributed by atoms with E-state index in [-0.39, 0.29) is 53.4 Å². The molecule has 1 atom stereocenters. The molecule has 0 radical (unpaired) electrons. The van der Waals surface area contributed by atoms with Gasteiger partial charge in [-0.1, -0.05) is 26.0 Å². The molecule has 3 heterocycles. The van der Waals surface area contributed by atoms with E-state index in [0.29, 0.717) is 6.54 Å². The molecule has 1 aromatic carbocycles. The van der Waals surface area contributed by atoms with Crippen LogP contribution in [0.4, 0.5) is 30.7 Å². The zero-order chi connectivity index (χ0) is 29.3. The Bertz CT molecular complexity index is 1380. The summed E-state index contributed by atoms with van der Waals surface area (Å²) in [5.41, 5.74) is -4.10. The van der Waals surface area contributed by atoms with Gasteiger partial charge in [0.25, 0.3) is 5.91 Å². The van der Waals surface area contributed by atoms with Gasteiger partial charge in [-0.2, -0.15) is 31.4 Å². The van der Waals surface area contributed by atoms with Crippen LogP contribution in [0.5, 0.6) is 0 Å². The number of rotatable bonds is 9. The lowest BCUT2D eigenvalue weighted by atomic mass is 9.77. The number of amides is 1. The summed E-state index contributed by atoms with van der Waals surface area (Å²) in [6.07, 6.45) is -9.94. The third-order valence-electron chi connectivity index (χ3n) is 6.53. The molecule has 1 aliphatic rings. The number of hydrogen-bond acceptors (Lipinski definition) is 5. The van der Waals surface area contributed by atoms with Crippen molar-refractivity contribution in [1.29, 1.82) is 0 Å². The second kappa shape index (κ2) is 11.0.